The van der Waals surface area contributed by atoms with Crippen molar-refractivity contribution in [2.75, 3.05) is 37.7 Å². The number of aromatic nitrogens is 5. The molecule has 2 aromatic heterocycles. The molecule has 206 valence electrons. The molecule has 0 spiro atoms. The number of carbonyl (C=O) groups excluding carboxylic acids is 2. The predicted molar refractivity (Wildman–Crippen MR) is 140 cm³/mol. The number of carboxylic acids is 1. The van der Waals surface area contributed by atoms with Crippen molar-refractivity contribution in [1.29, 1.82) is 0 Å². The first-order valence-corrected chi connectivity index (χ1v) is 14.3. The number of fused-ring (bicyclic) bond motifs is 1. The van der Waals surface area contributed by atoms with E-state index in [4.69, 9.17) is 22.0 Å². The zero-order valence-corrected chi connectivity index (χ0v) is 22.4. The number of nitrogens with two attached hydrogens (primary N) is 3. The van der Waals surface area contributed by atoms with Gasteiger partial charge in [-0.2, -0.15) is 0 Å². The number of carbonyl (C=O) groups is 3. The molecule has 2 aromatic rings. The van der Waals surface area contributed by atoms with Gasteiger partial charge in [0.05, 0.1) is 0 Å². The van der Waals surface area contributed by atoms with Gasteiger partial charge in [-0.25, -0.2) is 10.1 Å². The topological polar surface area (TPSA) is 254 Å². The summed E-state index contributed by atoms with van der Waals surface area (Å²) >= 11 is 3.59. The van der Waals surface area contributed by atoms with E-state index in [-0.39, 0.29) is 42.0 Å². The average Bonchev–Trinajstić information content (AvgIpc) is 3.58. The zero-order chi connectivity index (χ0) is 27.3. The van der Waals surface area contributed by atoms with E-state index in [1.165, 1.54) is 28.4 Å². The molecule has 9 N–H and O–H groups in total. The first-order chi connectivity index (χ1) is 18.3. The number of tetrazole rings is 1. The Balaban J connectivity index is 1.47. The minimum Gasteiger partial charge on any atom is -0.481 e. The zero-order valence-electron chi connectivity index (χ0n) is 20.0. The first-order valence-electron chi connectivity index (χ1n) is 11.5. The second-order valence-corrected chi connectivity index (χ2v) is 11.6. The van der Waals surface area contributed by atoms with Crippen LogP contribution in [0.5, 0.6) is 0 Å². The monoisotopic (exact) mass is 585 g/mol. The molecule has 2 aliphatic heterocycles. The fourth-order valence-electron chi connectivity index (χ4n) is 4.06. The highest BCUT2D eigenvalue weighted by molar-refractivity contribution is 8.01. The highest BCUT2D eigenvalue weighted by Gasteiger charge is 2.60. The standard InChI is InChI=1S/C19H27N11O5S3/c20-3-1-5-35-27-11(9-6-36-17(22)23-9)13(31)24-12-14(32)30-7-19(16(33)34,8-37-15(12)30)10(2-4-21)38-18-25-28-29-26-18/h6,10,12,15H,1-5,7-8,20-21H2,(H2,22,23)(H,24,31)(H,33,34)(H,25,26,28,29)/t10?,12?,15-,19?/m1/s1. The van der Waals surface area contributed by atoms with E-state index >= 15 is 0 Å². The highest BCUT2D eigenvalue weighted by Crippen LogP contribution is 2.48. The number of nitrogens with one attached hydrogen (secondary N) is 2. The van der Waals surface area contributed by atoms with Gasteiger partial charge in [0.2, 0.25) is 11.1 Å². The van der Waals surface area contributed by atoms with Gasteiger partial charge in [0.1, 0.15) is 29.1 Å². The lowest BCUT2D eigenvalue weighted by Crippen LogP contribution is -2.75. The number of rotatable bonds is 13. The van der Waals surface area contributed by atoms with Gasteiger partial charge in [-0.3, -0.25) is 14.4 Å². The molecule has 19 heteroatoms. The molecule has 0 bridgehead atoms. The third-order valence-electron chi connectivity index (χ3n) is 6.02. The van der Waals surface area contributed by atoms with E-state index in [1.54, 1.807) is 5.38 Å². The third kappa shape index (κ3) is 5.70. The number of aliphatic carboxylic acids is 1. The van der Waals surface area contributed by atoms with Gasteiger partial charge < -0.3 is 37.4 Å². The molecule has 4 atom stereocenters. The number of H-pyrrole nitrogens is 1. The number of β-lactam (4-membered cyclic amide) rings is 1. The molecular formula is C19H27N11O5S3. The summed E-state index contributed by atoms with van der Waals surface area (Å²) in [4.78, 5) is 49.6. The molecule has 0 aliphatic carbocycles. The summed E-state index contributed by atoms with van der Waals surface area (Å²) in [6.45, 7) is 0.788. The molecule has 2 saturated heterocycles. The number of nitrogens with zero attached hydrogens (tertiary/aromatic N) is 6. The smallest absolute Gasteiger partial charge is 0.313 e. The fourth-order valence-corrected chi connectivity index (χ4v) is 7.52. The van der Waals surface area contributed by atoms with Crippen LogP contribution in [0.25, 0.3) is 0 Å². The van der Waals surface area contributed by atoms with Crippen molar-refractivity contribution in [2.24, 2.45) is 22.0 Å². The second kappa shape index (κ2) is 12.2. The van der Waals surface area contributed by atoms with Crippen molar-refractivity contribution in [3.63, 3.8) is 0 Å². The Hall–Kier alpha value is -3.00. The summed E-state index contributed by atoms with van der Waals surface area (Å²) in [5.41, 5.74) is 15.7. The molecule has 38 heavy (non-hydrogen) atoms. The van der Waals surface area contributed by atoms with Gasteiger partial charge in [-0.15, -0.1) is 28.2 Å². The van der Waals surface area contributed by atoms with Crippen LogP contribution in [0.2, 0.25) is 0 Å². The minimum absolute atomic E-state index is 0.0454. The molecule has 0 saturated carbocycles. The molecule has 4 heterocycles. The van der Waals surface area contributed by atoms with Crippen molar-refractivity contribution in [3.05, 3.63) is 11.1 Å². The van der Waals surface area contributed by atoms with Crippen LogP contribution < -0.4 is 22.5 Å². The molecule has 2 amide bonds. The summed E-state index contributed by atoms with van der Waals surface area (Å²) in [6.07, 6.45) is 0.903. The van der Waals surface area contributed by atoms with Crippen molar-refractivity contribution in [2.45, 2.75) is 34.7 Å². The van der Waals surface area contributed by atoms with Gasteiger partial charge in [0.25, 0.3) is 5.91 Å². The van der Waals surface area contributed by atoms with Crippen LogP contribution in [0.1, 0.15) is 18.5 Å². The number of hydrogen-bond acceptors (Lipinski definition) is 15. The normalized spacial score (nSPS) is 23.9. The lowest BCUT2D eigenvalue weighted by atomic mass is 9.82. The van der Waals surface area contributed by atoms with Crippen LogP contribution >= 0.6 is 34.9 Å². The van der Waals surface area contributed by atoms with E-state index < -0.39 is 39.9 Å². The molecule has 2 fully saturated rings. The summed E-state index contributed by atoms with van der Waals surface area (Å²) in [7, 11) is 0. The lowest BCUT2D eigenvalue weighted by Gasteiger charge is -2.55. The van der Waals surface area contributed by atoms with Gasteiger partial charge >= 0.3 is 5.97 Å². The van der Waals surface area contributed by atoms with Gasteiger partial charge in [0.15, 0.2) is 10.8 Å². The SMILES string of the molecule is NCCCON=C(C(=O)NC1C(=O)N2CC(C(=O)O)(C(CCN)Sc3nnn[nH]3)CS[C@H]12)c1csc(N)n1. The van der Waals surface area contributed by atoms with Crippen molar-refractivity contribution in [3.8, 4) is 0 Å². The number of thioether (sulfide) groups is 2. The number of nitrogen functional groups attached to an aromatic ring is 1. The average molecular weight is 586 g/mol. The van der Waals surface area contributed by atoms with E-state index in [2.05, 4.69) is 36.1 Å². The summed E-state index contributed by atoms with van der Waals surface area (Å²) in [6, 6.07) is -0.872. The predicted octanol–water partition coefficient (Wildman–Crippen LogP) is -1.71. The largest absolute Gasteiger partial charge is 0.481 e. The fraction of sp³-hybridized carbons (Fsp3) is 0.579. The molecular weight excluding hydrogens is 558 g/mol. The Kier molecular flexibility index (Phi) is 9.03. The molecule has 3 unspecified atom stereocenters. The number of carboxylic acid groups (broad SMARTS) is 1. The van der Waals surface area contributed by atoms with Crippen LogP contribution in [-0.2, 0) is 19.2 Å². The summed E-state index contributed by atoms with van der Waals surface area (Å²) in [5.74, 6) is -1.92. The van der Waals surface area contributed by atoms with E-state index in [9.17, 15) is 19.5 Å². The number of aromatic amines is 1. The molecule has 0 radical (unpaired) electrons. The maximum absolute atomic E-state index is 13.1. The molecule has 4 rings (SSSR count). The van der Waals surface area contributed by atoms with Crippen LogP contribution in [0.15, 0.2) is 15.7 Å². The number of anilines is 1. The second-order valence-electron chi connectivity index (χ2n) is 8.46. The lowest BCUT2D eigenvalue weighted by molar-refractivity contribution is -0.158. The molecule has 16 nitrogen and oxygen atoms in total. The Morgan fingerprint density at radius 3 is 2.87 bits per heavy atom. The van der Waals surface area contributed by atoms with Gasteiger partial charge in [-0.1, -0.05) is 16.9 Å². The van der Waals surface area contributed by atoms with Crippen LogP contribution in [0.4, 0.5) is 5.13 Å². The number of thiazole rings is 1. The van der Waals surface area contributed by atoms with Crippen molar-refractivity contribution >= 4 is 63.5 Å². The Labute approximate surface area is 228 Å². The number of hydrogen-bond donors (Lipinski definition) is 6. The number of amides is 2. The van der Waals surface area contributed by atoms with E-state index in [0.29, 0.717) is 24.5 Å². The molecule has 2 aliphatic rings. The Morgan fingerprint density at radius 2 is 2.24 bits per heavy atom. The first kappa shape index (κ1) is 28.0. The summed E-state index contributed by atoms with van der Waals surface area (Å²) in [5, 5.41) is 31.6. The van der Waals surface area contributed by atoms with Crippen LogP contribution in [-0.4, -0.2) is 108 Å². The van der Waals surface area contributed by atoms with Gasteiger partial charge in [0, 0.05) is 22.9 Å². The maximum Gasteiger partial charge on any atom is 0.313 e. The third-order valence-corrected chi connectivity index (χ3v) is 9.61. The highest BCUT2D eigenvalue weighted by atomic mass is 32.2. The number of oxime groups is 1. The summed E-state index contributed by atoms with van der Waals surface area (Å²) < 4.78 is 0. The maximum atomic E-state index is 13.1. The molecule has 0 aromatic carbocycles. The van der Waals surface area contributed by atoms with Crippen molar-refractivity contribution in [1.82, 2.24) is 35.8 Å². The van der Waals surface area contributed by atoms with Crippen molar-refractivity contribution < 1.29 is 24.3 Å². The Bertz CT molecular complexity index is 1180. The van der Waals surface area contributed by atoms with E-state index in [0.717, 1.165) is 11.3 Å². The Morgan fingerprint density at radius 1 is 1.42 bits per heavy atom. The minimum atomic E-state index is -1.30. The van der Waals surface area contributed by atoms with Gasteiger partial charge in [-0.05, 0) is 36.4 Å². The van der Waals surface area contributed by atoms with Crippen LogP contribution in [0, 0.1) is 5.41 Å². The quantitative estimate of drug-likeness (QED) is 0.0503. The van der Waals surface area contributed by atoms with Crippen LogP contribution in [0.3, 0.4) is 0 Å². The van der Waals surface area contributed by atoms with E-state index in [1.807, 2.05) is 0 Å².